The number of hydrogen-bond donors (Lipinski definition) is 3. The van der Waals surface area contributed by atoms with Gasteiger partial charge in [0.2, 0.25) is 9.70 Å². The molecule has 0 saturated heterocycles. The molecule has 0 unspecified atom stereocenters. The SMILES string of the molecule is O=C(/C=C/c1ccccc1)N[C@H](NC(=S)Nc1ccc(Cl)cc1Cl)C(Cl)(Cl)Cl. The molecule has 4 nitrogen and oxygen atoms in total. The van der Waals surface area contributed by atoms with E-state index in [2.05, 4.69) is 16.0 Å². The van der Waals surface area contributed by atoms with Crippen molar-refractivity contribution >= 4 is 93.0 Å². The number of carbonyl (C=O) groups is 1. The summed E-state index contributed by atoms with van der Waals surface area (Å²) in [6.07, 6.45) is 1.86. The molecule has 10 heteroatoms. The van der Waals surface area contributed by atoms with Crippen LogP contribution in [0, 0.1) is 0 Å². The maximum atomic E-state index is 12.2. The molecule has 0 heterocycles. The van der Waals surface area contributed by atoms with Crippen LogP contribution in [0.5, 0.6) is 0 Å². The fourth-order valence-corrected chi connectivity index (χ4v) is 3.02. The average Bonchev–Trinajstić information content (AvgIpc) is 2.62. The highest BCUT2D eigenvalue weighted by molar-refractivity contribution is 7.80. The highest BCUT2D eigenvalue weighted by Crippen LogP contribution is 2.29. The Balaban J connectivity index is 2.02. The van der Waals surface area contributed by atoms with E-state index in [4.69, 9.17) is 70.2 Å². The average molecular weight is 498 g/mol. The maximum Gasteiger partial charge on any atom is 0.245 e. The molecule has 0 saturated carbocycles. The maximum absolute atomic E-state index is 12.2. The fraction of sp³-hybridized carbons (Fsp3) is 0.111. The molecular weight excluding hydrogens is 484 g/mol. The topological polar surface area (TPSA) is 53.2 Å². The van der Waals surface area contributed by atoms with Gasteiger partial charge >= 0.3 is 0 Å². The van der Waals surface area contributed by atoms with Crippen molar-refractivity contribution in [3.8, 4) is 0 Å². The molecule has 0 bridgehead atoms. The smallest absolute Gasteiger partial charge is 0.245 e. The van der Waals surface area contributed by atoms with Gasteiger partial charge < -0.3 is 16.0 Å². The van der Waals surface area contributed by atoms with E-state index < -0.39 is 15.9 Å². The molecule has 0 aromatic heterocycles. The van der Waals surface area contributed by atoms with Crippen molar-refractivity contribution in [2.45, 2.75) is 9.96 Å². The molecule has 1 amide bonds. The van der Waals surface area contributed by atoms with E-state index in [9.17, 15) is 4.79 Å². The second kappa shape index (κ2) is 10.5. The number of halogens is 5. The van der Waals surface area contributed by atoms with E-state index in [0.717, 1.165) is 5.56 Å². The van der Waals surface area contributed by atoms with E-state index in [0.29, 0.717) is 15.7 Å². The van der Waals surface area contributed by atoms with Gasteiger partial charge in [0.25, 0.3) is 0 Å². The van der Waals surface area contributed by atoms with Crippen LogP contribution in [0.15, 0.2) is 54.6 Å². The molecule has 0 radical (unpaired) electrons. The number of thiocarbonyl (C=S) groups is 1. The molecule has 28 heavy (non-hydrogen) atoms. The Morgan fingerprint density at radius 2 is 1.71 bits per heavy atom. The number of hydrogen-bond acceptors (Lipinski definition) is 2. The standard InChI is InChI=1S/C18H14Cl5N3OS/c19-12-7-8-14(13(20)10-12)24-17(28)26-16(18(21,22)23)25-15(27)9-6-11-4-2-1-3-5-11/h1-10,16H,(H,25,27)(H2,24,26,28)/b9-6+/t16-/m1/s1. The highest BCUT2D eigenvalue weighted by Gasteiger charge is 2.34. The zero-order chi connectivity index (χ0) is 20.7. The first-order valence-corrected chi connectivity index (χ1v) is 10.1. The van der Waals surface area contributed by atoms with E-state index in [1.165, 1.54) is 6.08 Å². The molecule has 0 fully saturated rings. The molecule has 1 atom stereocenters. The third kappa shape index (κ3) is 7.66. The van der Waals surface area contributed by atoms with Gasteiger partial charge in [0.1, 0.15) is 6.17 Å². The Labute approximate surface area is 193 Å². The van der Waals surface area contributed by atoms with Crippen LogP contribution in [0.25, 0.3) is 6.08 Å². The van der Waals surface area contributed by atoms with E-state index in [1.807, 2.05) is 30.3 Å². The Hall–Kier alpha value is -1.21. The Kier molecular flexibility index (Phi) is 8.68. The van der Waals surface area contributed by atoms with Crippen molar-refractivity contribution in [1.29, 1.82) is 0 Å². The Bertz CT molecular complexity index is 871. The monoisotopic (exact) mass is 495 g/mol. The summed E-state index contributed by atoms with van der Waals surface area (Å²) >= 11 is 35.0. The van der Waals surface area contributed by atoms with Crippen LogP contribution in [0.1, 0.15) is 5.56 Å². The van der Waals surface area contributed by atoms with Crippen molar-refractivity contribution in [2.75, 3.05) is 5.32 Å². The number of rotatable bonds is 5. The van der Waals surface area contributed by atoms with Crippen molar-refractivity contribution in [3.05, 3.63) is 70.2 Å². The van der Waals surface area contributed by atoms with Gasteiger partial charge in [-0.1, -0.05) is 88.3 Å². The molecule has 2 aromatic carbocycles. The molecule has 2 rings (SSSR count). The summed E-state index contributed by atoms with van der Waals surface area (Å²) in [6.45, 7) is 0. The lowest BCUT2D eigenvalue weighted by molar-refractivity contribution is -0.117. The summed E-state index contributed by atoms with van der Waals surface area (Å²) in [5, 5.41) is 9.08. The van der Waals surface area contributed by atoms with Gasteiger partial charge in [-0.25, -0.2) is 0 Å². The van der Waals surface area contributed by atoms with Crippen LogP contribution in [0.2, 0.25) is 10.0 Å². The van der Waals surface area contributed by atoms with Gasteiger partial charge in [-0.3, -0.25) is 4.79 Å². The number of amides is 1. The molecule has 0 aliphatic carbocycles. The molecule has 148 valence electrons. The number of anilines is 1. The van der Waals surface area contributed by atoms with Crippen molar-refractivity contribution in [1.82, 2.24) is 10.6 Å². The molecule has 0 spiro atoms. The van der Waals surface area contributed by atoms with Crippen LogP contribution < -0.4 is 16.0 Å². The lowest BCUT2D eigenvalue weighted by atomic mass is 10.2. The molecule has 2 aromatic rings. The van der Waals surface area contributed by atoms with E-state index in [1.54, 1.807) is 24.3 Å². The van der Waals surface area contributed by atoms with E-state index in [-0.39, 0.29) is 5.11 Å². The predicted molar refractivity (Wildman–Crippen MR) is 124 cm³/mol. The summed E-state index contributed by atoms with van der Waals surface area (Å²) in [5.41, 5.74) is 1.35. The third-order valence-electron chi connectivity index (χ3n) is 3.30. The highest BCUT2D eigenvalue weighted by atomic mass is 35.6. The first-order valence-electron chi connectivity index (χ1n) is 7.78. The molecular formula is C18H14Cl5N3OS. The molecule has 0 aliphatic rings. The van der Waals surface area contributed by atoms with Gasteiger partial charge in [-0.05, 0) is 42.1 Å². The number of alkyl halides is 3. The summed E-state index contributed by atoms with van der Waals surface area (Å²) in [6, 6.07) is 14.1. The fourth-order valence-electron chi connectivity index (χ4n) is 2.01. The minimum atomic E-state index is -1.87. The van der Waals surface area contributed by atoms with Gasteiger partial charge in [0.05, 0.1) is 10.7 Å². The van der Waals surface area contributed by atoms with Gasteiger partial charge in [0.15, 0.2) is 5.11 Å². The van der Waals surface area contributed by atoms with Gasteiger partial charge in [-0.15, -0.1) is 0 Å². The number of nitrogens with one attached hydrogen (secondary N) is 3. The quantitative estimate of drug-likeness (QED) is 0.211. The van der Waals surface area contributed by atoms with Crippen molar-refractivity contribution in [3.63, 3.8) is 0 Å². The van der Waals surface area contributed by atoms with E-state index >= 15 is 0 Å². The predicted octanol–water partition coefficient (Wildman–Crippen LogP) is 5.81. The second-order valence-electron chi connectivity index (χ2n) is 5.45. The van der Waals surface area contributed by atoms with Crippen LogP contribution in [0.4, 0.5) is 5.69 Å². The van der Waals surface area contributed by atoms with Gasteiger partial charge in [0, 0.05) is 11.1 Å². The number of carbonyl (C=O) groups excluding carboxylic acids is 1. The summed E-state index contributed by atoms with van der Waals surface area (Å²) in [7, 11) is 0. The van der Waals surface area contributed by atoms with Crippen LogP contribution in [-0.4, -0.2) is 21.0 Å². The van der Waals surface area contributed by atoms with Crippen molar-refractivity contribution in [2.24, 2.45) is 0 Å². The summed E-state index contributed by atoms with van der Waals surface area (Å²) < 4.78 is -1.87. The minimum absolute atomic E-state index is 0.0906. The first-order chi connectivity index (χ1) is 13.1. The zero-order valence-electron chi connectivity index (χ0n) is 14.1. The van der Waals surface area contributed by atoms with Crippen molar-refractivity contribution < 1.29 is 4.79 Å². The molecule has 3 N–H and O–H groups in total. The largest absolute Gasteiger partial charge is 0.339 e. The number of benzene rings is 2. The lowest BCUT2D eigenvalue weighted by Crippen LogP contribution is -2.55. The zero-order valence-corrected chi connectivity index (χ0v) is 18.7. The lowest BCUT2D eigenvalue weighted by Gasteiger charge is -2.27. The van der Waals surface area contributed by atoms with Crippen LogP contribution in [0.3, 0.4) is 0 Å². The van der Waals surface area contributed by atoms with Gasteiger partial charge in [-0.2, -0.15) is 0 Å². The Morgan fingerprint density at radius 1 is 1.04 bits per heavy atom. The van der Waals surface area contributed by atoms with Crippen LogP contribution >= 0.6 is 70.2 Å². The normalized spacial score (nSPS) is 12.5. The van der Waals surface area contributed by atoms with Crippen LogP contribution in [-0.2, 0) is 4.79 Å². The second-order valence-corrected chi connectivity index (χ2v) is 9.07. The summed E-state index contributed by atoms with van der Waals surface area (Å²) in [4.78, 5) is 12.2. The summed E-state index contributed by atoms with van der Waals surface area (Å²) in [5.74, 6) is -0.472. The minimum Gasteiger partial charge on any atom is -0.339 e. The first kappa shape index (κ1) is 23.1. The Morgan fingerprint density at radius 3 is 2.32 bits per heavy atom. The molecule has 0 aliphatic heterocycles. The third-order valence-corrected chi connectivity index (χ3v) is 4.72.